The quantitative estimate of drug-likeness (QED) is 0.407. The SMILES string of the molecule is CCOC(=O)C1=C(N2CCN(C(=O)c3ccco3)CC2)C2CCCCC2N(Cc2ccc(OC)cc2)C1=O. The topological polar surface area (TPSA) is 92.5 Å². The number of nitrogens with zero attached hydrogens (tertiary/aromatic N) is 3. The highest BCUT2D eigenvalue weighted by Gasteiger charge is 2.47. The number of ether oxygens (including phenoxy) is 2. The Morgan fingerprint density at radius 3 is 2.42 bits per heavy atom. The second-order valence-electron chi connectivity index (χ2n) is 9.98. The van der Waals surface area contributed by atoms with Crippen LogP contribution < -0.4 is 4.74 Å². The van der Waals surface area contributed by atoms with Gasteiger partial charge in [0.05, 0.1) is 20.0 Å². The number of furan rings is 1. The lowest BCUT2D eigenvalue weighted by atomic mass is 9.76. The van der Waals surface area contributed by atoms with Crippen LogP contribution in [-0.4, -0.2) is 78.4 Å². The Balaban J connectivity index is 1.44. The first kappa shape index (κ1) is 25.9. The predicted molar refractivity (Wildman–Crippen MR) is 139 cm³/mol. The zero-order valence-electron chi connectivity index (χ0n) is 22.1. The molecule has 0 bridgehead atoms. The van der Waals surface area contributed by atoms with E-state index in [2.05, 4.69) is 4.90 Å². The van der Waals surface area contributed by atoms with Crippen LogP contribution in [0.3, 0.4) is 0 Å². The molecule has 2 atom stereocenters. The van der Waals surface area contributed by atoms with Gasteiger partial charge in [0.15, 0.2) is 5.76 Å². The van der Waals surface area contributed by atoms with E-state index >= 15 is 0 Å². The minimum absolute atomic E-state index is 0.00862. The number of rotatable bonds is 7. The number of carbonyl (C=O) groups is 3. The number of fused-ring (bicyclic) bond motifs is 1. The fourth-order valence-electron chi connectivity index (χ4n) is 6.00. The van der Waals surface area contributed by atoms with E-state index in [1.807, 2.05) is 29.2 Å². The van der Waals surface area contributed by atoms with Crippen molar-refractivity contribution >= 4 is 17.8 Å². The molecule has 3 aliphatic rings. The van der Waals surface area contributed by atoms with E-state index < -0.39 is 5.97 Å². The van der Waals surface area contributed by atoms with Crippen LogP contribution in [0.15, 0.2) is 58.3 Å². The van der Waals surface area contributed by atoms with E-state index in [4.69, 9.17) is 13.9 Å². The van der Waals surface area contributed by atoms with Crippen molar-refractivity contribution in [2.24, 2.45) is 5.92 Å². The van der Waals surface area contributed by atoms with Crippen LogP contribution in [0.2, 0.25) is 0 Å². The van der Waals surface area contributed by atoms with Crippen molar-refractivity contribution in [3.63, 3.8) is 0 Å². The van der Waals surface area contributed by atoms with Gasteiger partial charge in [0.25, 0.3) is 11.8 Å². The Bertz CT molecular complexity index is 1180. The van der Waals surface area contributed by atoms with Crippen molar-refractivity contribution in [2.45, 2.75) is 45.2 Å². The van der Waals surface area contributed by atoms with Crippen molar-refractivity contribution in [1.82, 2.24) is 14.7 Å². The largest absolute Gasteiger partial charge is 0.497 e. The van der Waals surface area contributed by atoms with Crippen molar-refractivity contribution in [2.75, 3.05) is 39.9 Å². The highest BCUT2D eigenvalue weighted by atomic mass is 16.5. The minimum Gasteiger partial charge on any atom is -0.497 e. The molecule has 9 nitrogen and oxygen atoms in total. The molecule has 5 rings (SSSR count). The number of carbonyl (C=O) groups excluding carboxylic acids is 3. The summed E-state index contributed by atoms with van der Waals surface area (Å²) in [5.74, 6) is 0.144. The summed E-state index contributed by atoms with van der Waals surface area (Å²) in [7, 11) is 1.63. The standard InChI is InChI=1S/C29H35N3O6/c1-3-37-29(35)25-26(30-14-16-31(17-15-30)27(33)24-9-6-18-38-24)22-7-4-5-8-23(22)32(28(25)34)19-20-10-12-21(36-2)13-11-20/h6,9-13,18,22-23H,3-5,7-8,14-17,19H2,1-2H3. The summed E-state index contributed by atoms with van der Waals surface area (Å²) in [5.41, 5.74) is 1.93. The van der Waals surface area contributed by atoms with Gasteiger partial charge in [-0.2, -0.15) is 0 Å². The van der Waals surface area contributed by atoms with E-state index in [1.54, 1.807) is 31.1 Å². The van der Waals surface area contributed by atoms with E-state index in [-0.39, 0.29) is 36.0 Å². The first-order valence-corrected chi connectivity index (χ1v) is 13.4. The van der Waals surface area contributed by atoms with Gasteiger partial charge < -0.3 is 28.6 Å². The third-order valence-corrected chi connectivity index (χ3v) is 7.84. The van der Waals surface area contributed by atoms with Gasteiger partial charge in [0.2, 0.25) is 0 Å². The van der Waals surface area contributed by atoms with E-state index in [1.165, 1.54) is 6.26 Å². The van der Waals surface area contributed by atoms with E-state index in [9.17, 15) is 14.4 Å². The molecule has 0 spiro atoms. The summed E-state index contributed by atoms with van der Waals surface area (Å²) in [6.07, 6.45) is 5.38. The van der Waals surface area contributed by atoms with E-state index in [0.717, 1.165) is 42.7 Å². The van der Waals surface area contributed by atoms with Crippen LogP contribution in [0.4, 0.5) is 0 Å². The average Bonchev–Trinajstić information content (AvgIpc) is 3.49. The minimum atomic E-state index is -0.564. The number of esters is 1. The highest BCUT2D eigenvalue weighted by Crippen LogP contribution is 2.42. The molecule has 2 unspecified atom stereocenters. The lowest BCUT2D eigenvalue weighted by Gasteiger charge is -2.49. The van der Waals surface area contributed by atoms with E-state index in [0.29, 0.717) is 38.5 Å². The first-order valence-electron chi connectivity index (χ1n) is 13.4. The smallest absolute Gasteiger partial charge is 0.345 e. The lowest BCUT2D eigenvalue weighted by Crippen LogP contribution is -2.57. The molecule has 0 radical (unpaired) electrons. The summed E-state index contributed by atoms with van der Waals surface area (Å²) < 4.78 is 16.0. The summed E-state index contributed by atoms with van der Waals surface area (Å²) in [5, 5.41) is 0. The summed E-state index contributed by atoms with van der Waals surface area (Å²) in [4.78, 5) is 45.9. The molecular formula is C29H35N3O6. The van der Waals surface area contributed by atoms with Gasteiger partial charge in [0.1, 0.15) is 11.3 Å². The second kappa shape index (κ2) is 11.3. The summed E-state index contributed by atoms with van der Waals surface area (Å²) in [6, 6.07) is 11.1. The molecule has 0 N–H and O–H groups in total. The molecule has 1 saturated carbocycles. The Morgan fingerprint density at radius 2 is 1.76 bits per heavy atom. The number of hydrogen-bond donors (Lipinski definition) is 0. The Hall–Kier alpha value is -3.75. The Kier molecular flexibility index (Phi) is 7.72. The third-order valence-electron chi connectivity index (χ3n) is 7.84. The van der Waals surface area contributed by atoms with Crippen LogP contribution in [-0.2, 0) is 20.9 Å². The number of methoxy groups -OCH3 is 1. The molecule has 202 valence electrons. The van der Waals surface area contributed by atoms with Gasteiger partial charge in [-0.3, -0.25) is 9.59 Å². The molecule has 9 heteroatoms. The molecule has 2 aromatic rings. The van der Waals surface area contributed by atoms with Crippen LogP contribution >= 0.6 is 0 Å². The molecule has 2 amide bonds. The zero-order chi connectivity index (χ0) is 26.6. The van der Waals surface area contributed by atoms with Crippen molar-refractivity contribution in [3.8, 4) is 5.75 Å². The van der Waals surface area contributed by atoms with Gasteiger partial charge in [-0.25, -0.2) is 4.79 Å². The maximum Gasteiger partial charge on any atom is 0.345 e. The Labute approximate surface area is 223 Å². The fraction of sp³-hybridized carbons (Fsp3) is 0.483. The molecule has 1 saturated heterocycles. The number of amides is 2. The third kappa shape index (κ3) is 5.01. The number of piperazine rings is 1. The molecule has 1 aliphatic carbocycles. The molecule has 38 heavy (non-hydrogen) atoms. The van der Waals surface area contributed by atoms with Crippen molar-refractivity contribution in [3.05, 3.63) is 65.3 Å². The fourth-order valence-corrected chi connectivity index (χ4v) is 6.00. The number of hydrogen-bond acceptors (Lipinski definition) is 7. The molecule has 1 aromatic carbocycles. The highest BCUT2D eigenvalue weighted by molar-refractivity contribution is 6.17. The van der Waals surface area contributed by atoms with Gasteiger partial charge in [-0.1, -0.05) is 25.0 Å². The predicted octanol–water partition coefficient (Wildman–Crippen LogP) is 3.46. The first-order chi connectivity index (χ1) is 18.5. The van der Waals surface area contributed by atoms with Crippen molar-refractivity contribution in [1.29, 1.82) is 0 Å². The normalized spacial score (nSPS) is 21.8. The molecule has 3 heterocycles. The van der Waals surface area contributed by atoms with Crippen LogP contribution in [0.1, 0.15) is 48.7 Å². The lowest BCUT2D eigenvalue weighted by molar-refractivity contribution is -0.145. The average molecular weight is 522 g/mol. The van der Waals surface area contributed by atoms with Gasteiger partial charge in [0, 0.05) is 50.4 Å². The van der Waals surface area contributed by atoms with Gasteiger partial charge in [-0.15, -0.1) is 0 Å². The Morgan fingerprint density at radius 1 is 1.03 bits per heavy atom. The summed E-state index contributed by atoms with van der Waals surface area (Å²) in [6.45, 7) is 4.43. The van der Waals surface area contributed by atoms with Gasteiger partial charge in [-0.05, 0) is 49.6 Å². The van der Waals surface area contributed by atoms with Crippen LogP contribution in [0.25, 0.3) is 0 Å². The van der Waals surface area contributed by atoms with Crippen LogP contribution in [0, 0.1) is 5.92 Å². The monoisotopic (exact) mass is 521 g/mol. The zero-order valence-corrected chi connectivity index (χ0v) is 22.1. The molecular weight excluding hydrogens is 486 g/mol. The molecule has 1 aromatic heterocycles. The molecule has 2 aliphatic heterocycles. The molecule has 2 fully saturated rings. The van der Waals surface area contributed by atoms with Crippen LogP contribution in [0.5, 0.6) is 5.75 Å². The van der Waals surface area contributed by atoms with Gasteiger partial charge >= 0.3 is 5.97 Å². The number of benzene rings is 1. The summed E-state index contributed by atoms with van der Waals surface area (Å²) >= 11 is 0. The van der Waals surface area contributed by atoms with Crippen molar-refractivity contribution < 1.29 is 28.3 Å². The maximum absolute atomic E-state index is 14.0. The maximum atomic E-state index is 14.0. The second-order valence-corrected chi connectivity index (χ2v) is 9.98.